The largest absolute Gasteiger partial charge is 0.370 e. The molecule has 2 heterocycles. The Bertz CT molecular complexity index is 775. The molecule has 0 radical (unpaired) electrons. The molecule has 0 bridgehead atoms. The maximum absolute atomic E-state index is 13.1. The Morgan fingerprint density at radius 1 is 1.32 bits per heavy atom. The number of carbonyl (C=O) groups excluding carboxylic acids is 1. The first kappa shape index (κ1) is 16.9. The molecule has 25 heavy (non-hydrogen) atoms. The average molecular weight is 380 g/mol. The van der Waals surface area contributed by atoms with Crippen LogP contribution in [0, 0.1) is 5.41 Å². The van der Waals surface area contributed by atoms with Crippen LogP contribution < -0.4 is 0 Å². The van der Waals surface area contributed by atoms with Gasteiger partial charge < -0.3 is 9.64 Å². The third-order valence-corrected chi connectivity index (χ3v) is 5.74. The van der Waals surface area contributed by atoms with Crippen LogP contribution in [0.25, 0.3) is 0 Å². The van der Waals surface area contributed by atoms with Crippen molar-refractivity contribution < 1.29 is 9.53 Å². The van der Waals surface area contributed by atoms with Crippen molar-refractivity contribution in [3.63, 3.8) is 0 Å². The summed E-state index contributed by atoms with van der Waals surface area (Å²) in [4.78, 5) is 15.0. The molecule has 4 rings (SSSR count). The van der Waals surface area contributed by atoms with E-state index in [1.54, 1.807) is 12.3 Å². The zero-order valence-electron chi connectivity index (χ0n) is 13.7. The molecule has 2 fully saturated rings. The summed E-state index contributed by atoms with van der Waals surface area (Å²) >= 11 is 12.1. The van der Waals surface area contributed by atoms with Crippen molar-refractivity contribution in [3.05, 3.63) is 52.3 Å². The first-order valence-corrected chi connectivity index (χ1v) is 9.16. The van der Waals surface area contributed by atoms with Gasteiger partial charge >= 0.3 is 0 Å². The Balaban J connectivity index is 1.47. The summed E-state index contributed by atoms with van der Waals surface area (Å²) in [6.45, 7) is 2.33. The van der Waals surface area contributed by atoms with Gasteiger partial charge in [0, 0.05) is 18.9 Å². The predicted molar refractivity (Wildman–Crippen MR) is 95.6 cm³/mol. The molecule has 0 N–H and O–H groups in total. The summed E-state index contributed by atoms with van der Waals surface area (Å²) in [5.74, 6) is 0.205. The number of morpholine rings is 1. The number of halogens is 2. The first-order valence-electron chi connectivity index (χ1n) is 8.41. The van der Waals surface area contributed by atoms with Crippen molar-refractivity contribution in [1.82, 2.24) is 14.7 Å². The highest BCUT2D eigenvalue weighted by atomic mass is 35.5. The summed E-state index contributed by atoms with van der Waals surface area (Å²) in [5, 5.41) is 5.27. The summed E-state index contributed by atoms with van der Waals surface area (Å²) in [6.07, 6.45) is 5.31. The van der Waals surface area contributed by atoms with E-state index in [2.05, 4.69) is 5.10 Å². The quantitative estimate of drug-likeness (QED) is 0.815. The molecule has 1 aliphatic carbocycles. The van der Waals surface area contributed by atoms with Gasteiger partial charge in [0.1, 0.15) is 6.10 Å². The SMILES string of the molecule is O=C(N1CCO[C@@H](c2ccc(Cl)c(Cl)c2)C1)C1(Cn2cccn2)CC1. The molecule has 2 aromatic rings. The molecule has 1 atom stereocenters. The standard InChI is InChI=1S/C18H19Cl2N3O2/c19-14-3-2-13(10-15(14)20)16-11-22(8-9-25-16)17(24)18(4-5-18)12-23-7-1-6-21-23/h1-3,6-7,10,16H,4-5,8-9,11-12H2/t16-/m1/s1. The number of rotatable bonds is 4. The summed E-state index contributed by atoms with van der Waals surface area (Å²) in [5.41, 5.74) is 0.648. The monoisotopic (exact) mass is 379 g/mol. The second-order valence-electron chi connectivity index (χ2n) is 6.77. The second kappa shape index (κ2) is 6.63. The Kier molecular flexibility index (Phi) is 4.48. The van der Waals surface area contributed by atoms with Crippen LogP contribution in [0.15, 0.2) is 36.7 Å². The number of carbonyl (C=O) groups is 1. The second-order valence-corrected chi connectivity index (χ2v) is 7.58. The third-order valence-electron chi connectivity index (χ3n) is 5.00. The Hall–Kier alpha value is -1.56. The van der Waals surface area contributed by atoms with Gasteiger partial charge in [-0.15, -0.1) is 0 Å². The highest BCUT2D eigenvalue weighted by molar-refractivity contribution is 6.42. The van der Waals surface area contributed by atoms with Crippen LogP contribution in [-0.2, 0) is 16.1 Å². The van der Waals surface area contributed by atoms with Crippen molar-refractivity contribution in [2.75, 3.05) is 19.7 Å². The molecule has 0 spiro atoms. The predicted octanol–water partition coefficient (Wildman–Crippen LogP) is 3.57. The number of nitrogens with zero attached hydrogens (tertiary/aromatic N) is 3. The number of benzene rings is 1. The van der Waals surface area contributed by atoms with Gasteiger partial charge in [0.2, 0.25) is 5.91 Å². The summed E-state index contributed by atoms with van der Waals surface area (Å²) < 4.78 is 7.71. The van der Waals surface area contributed by atoms with Crippen molar-refractivity contribution in [2.24, 2.45) is 5.41 Å². The van der Waals surface area contributed by atoms with Crippen LogP contribution in [0.2, 0.25) is 10.0 Å². The van der Waals surface area contributed by atoms with Crippen molar-refractivity contribution in [2.45, 2.75) is 25.5 Å². The Labute approximate surface area is 156 Å². The first-order chi connectivity index (χ1) is 12.1. The molecular formula is C18H19Cl2N3O2. The van der Waals surface area contributed by atoms with Gasteiger partial charge in [0.05, 0.1) is 35.2 Å². The molecule has 1 aromatic carbocycles. The average Bonchev–Trinajstić information content (AvgIpc) is 3.22. The number of hydrogen-bond donors (Lipinski definition) is 0. The van der Waals surface area contributed by atoms with Crippen LogP contribution in [0.1, 0.15) is 24.5 Å². The van der Waals surface area contributed by atoms with E-state index in [4.69, 9.17) is 27.9 Å². The van der Waals surface area contributed by atoms with Gasteiger partial charge in [0.15, 0.2) is 0 Å². The maximum Gasteiger partial charge on any atom is 0.230 e. The summed E-state index contributed by atoms with van der Waals surface area (Å²) in [7, 11) is 0. The molecule has 5 nitrogen and oxygen atoms in total. The van der Waals surface area contributed by atoms with E-state index in [1.165, 1.54) is 0 Å². The van der Waals surface area contributed by atoms with Crippen LogP contribution in [0.5, 0.6) is 0 Å². The van der Waals surface area contributed by atoms with Gasteiger partial charge in [-0.1, -0.05) is 29.3 Å². The minimum Gasteiger partial charge on any atom is -0.370 e. The molecule has 0 unspecified atom stereocenters. The zero-order valence-corrected chi connectivity index (χ0v) is 15.2. The van der Waals surface area contributed by atoms with Gasteiger partial charge in [-0.3, -0.25) is 9.48 Å². The van der Waals surface area contributed by atoms with E-state index in [0.29, 0.717) is 36.3 Å². The zero-order chi connectivity index (χ0) is 17.4. The summed E-state index contributed by atoms with van der Waals surface area (Å²) in [6, 6.07) is 7.38. The van der Waals surface area contributed by atoms with Crippen molar-refractivity contribution in [1.29, 1.82) is 0 Å². The molecule has 7 heteroatoms. The highest BCUT2D eigenvalue weighted by Gasteiger charge is 2.52. The van der Waals surface area contributed by atoms with Gasteiger partial charge in [-0.05, 0) is 36.6 Å². The van der Waals surface area contributed by atoms with Gasteiger partial charge in [-0.2, -0.15) is 5.10 Å². The lowest BCUT2D eigenvalue weighted by Crippen LogP contribution is -2.46. The lowest BCUT2D eigenvalue weighted by atomic mass is 10.0. The number of aromatic nitrogens is 2. The van der Waals surface area contributed by atoms with E-state index >= 15 is 0 Å². The molecule has 132 valence electrons. The molecule has 1 saturated carbocycles. The molecular weight excluding hydrogens is 361 g/mol. The van der Waals surface area contributed by atoms with Crippen molar-refractivity contribution in [3.8, 4) is 0 Å². The van der Waals surface area contributed by atoms with E-state index in [1.807, 2.05) is 34.0 Å². The Morgan fingerprint density at radius 3 is 2.84 bits per heavy atom. The number of ether oxygens (including phenoxy) is 1. The molecule has 2 aliphatic rings. The van der Waals surface area contributed by atoms with E-state index in [0.717, 1.165) is 18.4 Å². The van der Waals surface area contributed by atoms with E-state index in [-0.39, 0.29) is 17.4 Å². The van der Waals surface area contributed by atoms with E-state index in [9.17, 15) is 4.79 Å². The van der Waals surface area contributed by atoms with Crippen LogP contribution in [0.4, 0.5) is 0 Å². The maximum atomic E-state index is 13.1. The number of hydrogen-bond acceptors (Lipinski definition) is 3. The smallest absolute Gasteiger partial charge is 0.230 e. The molecule has 1 amide bonds. The minimum absolute atomic E-state index is 0.173. The fraction of sp³-hybridized carbons (Fsp3) is 0.444. The Morgan fingerprint density at radius 2 is 2.16 bits per heavy atom. The number of amides is 1. The van der Waals surface area contributed by atoms with Gasteiger partial charge in [-0.25, -0.2) is 0 Å². The molecule has 1 aromatic heterocycles. The lowest BCUT2D eigenvalue weighted by Gasteiger charge is -2.35. The van der Waals surface area contributed by atoms with Crippen LogP contribution in [0.3, 0.4) is 0 Å². The van der Waals surface area contributed by atoms with Gasteiger partial charge in [0.25, 0.3) is 0 Å². The topological polar surface area (TPSA) is 47.4 Å². The third kappa shape index (κ3) is 3.41. The molecule has 1 aliphatic heterocycles. The van der Waals surface area contributed by atoms with Crippen molar-refractivity contribution >= 4 is 29.1 Å². The lowest BCUT2D eigenvalue weighted by molar-refractivity contribution is -0.145. The normalized spacial score (nSPS) is 22.0. The minimum atomic E-state index is -0.300. The fourth-order valence-electron chi connectivity index (χ4n) is 3.38. The highest BCUT2D eigenvalue weighted by Crippen LogP contribution is 2.49. The fourth-order valence-corrected chi connectivity index (χ4v) is 3.68. The van der Waals surface area contributed by atoms with Crippen LogP contribution >= 0.6 is 23.2 Å². The van der Waals surface area contributed by atoms with Crippen LogP contribution in [-0.4, -0.2) is 40.3 Å². The van der Waals surface area contributed by atoms with E-state index < -0.39 is 0 Å². The molecule has 1 saturated heterocycles.